The van der Waals surface area contributed by atoms with Gasteiger partial charge in [-0.3, -0.25) is 14.6 Å². The van der Waals surface area contributed by atoms with Gasteiger partial charge in [-0.05, 0) is 51.0 Å². The van der Waals surface area contributed by atoms with Crippen molar-refractivity contribution >= 4 is 17.5 Å². The van der Waals surface area contributed by atoms with Gasteiger partial charge in [0.15, 0.2) is 0 Å². The second-order valence-corrected chi connectivity index (χ2v) is 5.90. The molecule has 0 aliphatic carbocycles. The summed E-state index contributed by atoms with van der Waals surface area (Å²) < 4.78 is 0. The van der Waals surface area contributed by atoms with Crippen LogP contribution >= 0.6 is 0 Å². The predicted octanol–water partition coefficient (Wildman–Crippen LogP) is 3.18. The number of para-hydroxylation sites is 1. The summed E-state index contributed by atoms with van der Waals surface area (Å²) in [5.74, 6) is -0.287. The summed E-state index contributed by atoms with van der Waals surface area (Å²) in [6.07, 6.45) is 3.60. The Morgan fingerprint density at radius 1 is 1.08 bits per heavy atom. The molecule has 126 valence electrons. The minimum Gasteiger partial charge on any atom is -0.350 e. The van der Waals surface area contributed by atoms with Crippen LogP contribution < -0.4 is 10.6 Å². The molecule has 0 bridgehead atoms. The van der Waals surface area contributed by atoms with Crippen LogP contribution in [0.15, 0.2) is 48.7 Å². The molecule has 1 heterocycles. The van der Waals surface area contributed by atoms with E-state index in [0.29, 0.717) is 24.1 Å². The molecule has 0 atom stereocenters. The first kappa shape index (κ1) is 17.7. The van der Waals surface area contributed by atoms with Gasteiger partial charge in [0.05, 0.1) is 11.3 Å². The van der Waals surface area contributed by atoms with E-state index in [1.165, 1.54) is 0 Å². The molecule has 0 aliphatic heterocycles. The molecule has 5 heteroatoms. The van der Waals surface area contributed by atoms with Crippen molar-refractivity contribution in [3.05, 3.63) is 59.9 Å². The number of nitrogens with one attached hydrogen (secondary N) is 2. The van der Waals surface area contributed by atoms with Gasteiger partial charge in [-0.1, -0.05) is 18.2 Å². The van der Waals surface area contributed by atoms with Gasteiger partial charge in [-0.2, -0.15) is 0 Å². The van der Waals surface area contributed by atoms with Gasteiger partial charge < -0.3 is 10.6 Å². The molecule has 1 aromatic carbocycles. The van der Waals surface area contributed by atoms with Crippen LogP contribution in [0.1, 0.15) is 42.7 Å². The van der Waals surface area contributed by atoms with Crippen molar-refractivity contribution < 1.29 is 9.59 Å². The number of aromatic nitrogens is 1. The maximum absolute atomic E-state index is 12.2. The molecular formula is C19H23N3O2. The van der Waals surface area contributed by atoms with Gasteiger partial charge in [-0.25, -0.2) is 0 Å². The maximum Gasteiger partial charge on any atom is 0.253 e. The largest absolute Gasteiger partial charge is 0.350 e. The first-order chi connectivity index (χ1) is 11.6. The predicted molar refractivity (Wildman–Crippen MR) is 94.8 cm³/mol. The molecule has 2 aromatic rings. The van der Waals surface area contributed by atoms with Crippen molar-refractivity contribution in [1.29, 1.82) is 0 Å². The van der Waals surface area contributed by atoms with E-state index >= 15 is 0 Å². The van der Waals surface area contributed by atoms with E-state index in [2.05, 4.69) is 15.6 Å². The number of carbonyl (C=O) groups is 2. The van der Waals surface area contributed by atoms with Crippen LogP contribution in [0.2, 0.25) is 0 Å². The summed E-state index contributed by atoms with van der Waals surface area (Å²) in [5.41, 5.74) is 1.99. The topological polar surface area (TPSA) is 71.1 Å². The van der Waals surface area contributed by atoms with Gasteiger partial charge in [0.25, 0.3) is 5.91 Å². The summed E-state index contributed by atoms with van der Waals surface area (Å²) in [7, 11) is 0. The molecular weight excluding hydrogens is 302 g/mol. The van der Waals surface area contributed by atoms with Crippen LogP contribution in [0.3, 0.4) is 0 Å². The fourth-order valence-corrected chi connectivity index (χ4v) is 2.32. The van der Waals surface area contributed by atoms with Crippen LogP contribution in [0, 0.1) is 0 Å². The van der Waals surface area contributed by atoms with Gasteiger partial charge in [0, 0.05) is 24.4 Å². The average molecular weight is 325 g/mol. The Morgan fingerprint density at radius 3 is 2.54 bits per heavy atom. The zero-order valence-electron chi connectivity index (χ0n) is 14.1. The number of anilines is 1. The van der Waals surface area contributed by atoms with Gasteiger partial charge in [-0.15, -0.1) is 0 Å². The molecule has 0 fully saturated rings. The van der Waals surface area contributed by atoms with Gasteiger partial charge >= 0.3 is 0 Å². The Bertz CT molecular complexity index is 684. The highest BCUT2D eigenvalue weighted by Crippen LogP contribution is 2.16. The van der Waals surface area contributed by atoms with E-state index in [-0.39, 0.29) is 17.9 Å². The lowest BCUT2D eigenvalue weighted by molar-refractivity contribution is -0.116. The summed E-state index contributed by atoms with van der Waals surface area (Å²) in [6.45, 7) is 3.80. The minimum atomic E-state index is -0.186. The standard InChI is InChI=1S/C19H23N3O2/c1-14(2)21-19(24)16-10-3-4-11-17(16)22-18(23)12-7-9-15-8-5-6-13-20-15/h3-6,8,10-11,13-14H,7,9,12H2,1-2H3,(H,21,24)(H,22,23). The van der Waals surface area contributed by atoms with E-state index < -0.39 is 0 Å². The second kappa shape index (κ2) is 8.82. The van der Waals surface area contributed by atoms with Crippen molar-refractivity contribution in [2.45, 2.75) is 39.2 Å². The minimum absolute atomic E-state index is 0.0413. The molecule has 0 saturated carbocycles. The molecule has 0 radical (unpaired) electrons. The number of pyridine rings is 1. The van der Waals surface area contributed by atoms with E-state index in [0.717, 1.165) is 12.1 Å². The van der Waals surface area contributed by atoms with Crippen LogP contribution in [0.25, 0.3) is 0 Å². The maximum atomic E-state index is 12.2. The smallest absolute Gasteiger partial charge is 0.253 e. The summed E-state index contributed by atoms with van der Waals surface area (Å²) in [4.78, 5) is 28.6. The van der Waals surface area contributed by atoms with E-state index in [1.54, 1.807) is 30.5 Å². The number of hydrogen-bond acceptors (Lipinski definition) is 3. The fourth-order valence-electron chi connectivity index (χ4n) is 2.32. The monoisotopic (exact) mass is 325 g/mol. The molecule has 2 rings (SSSR count). The number of benzene rings is 1. The number of amides is 2. The molecule has 2 N–H and O–H groups in total. The summed E-state index contributed by atoms with van der Waals surface area (Å²) in [5, 5.41) is 5.67. The third-order valence-corrected chi connectivity index (χ3v) is 3.43. The second-order valence-electron chi connectivity index (χ2n) is 5.90. The van der Waals surface area contributed by atoms with Crippen LogP contribution in [-0.4, -0.2) is 22.8 Å². The molecule has 2 amide bonds. The highest BCUT2D eigenvalue weighted by atomic mass is 16.2. The third-order valence-electron chi connectivity index (χ3n) is 3.43. The third kappa shape index (κ3) is 5.50. The molecule has 5 nitrogen and oxygen atoms in total. The number of hydrogen-bond donors (Lipinski definition) is 2. The molecule has 1 aromatic heterocycles. The van der Waals surface area contributed by atoms with Gasteiger partial charge in [0.2, 0.25) is 5.91 Å². The lowest BCUT2D eigenvalue weighted by atomic mass is 10.1. The van der Waals surface area contributed by atoms with E-state index in [1.807, 2.05) is 32.0 Å². The molecule has 0 unspecified atom stereocenters. The fraction of sp³-hybridized carbons (Fsp3) is 0.316. The zero-order chi connectivity index (χ0) is 17.4. The Hall–Kier alpha value is -2.69. The summed E-state index contributed by atoms with van der Waals surface area (Å²) >= 11 is 0. The Balaban J connectivity index is 1.90. The van der Waals surface area contributed by atoms with Crippen LogP contribution in [-0.2, 0) is 11.2 Å². The van der Waals surface area contributed by atoms with Crippen molar-refractivity contribution in [2.75, 3.05) is 5.32 Å². The average Bonchev–Trinajstić information content (AvgIpc) is 2.55. The number of rotatable bonds is 7. The zero-order valence-corrected chi connectivity index (χ0v) is 14.1. The highest BCUT2D eigenvalue weighted by molar-refractivity contribution is 6.03. The lowest BCUT2D eigenvalue weighted by Gasteiger charge is -2.13. The molecule has 0 spiro atoms. The molecule has 0 saturated heterocycles. The lowest BCUT2D eigenvalue weighted by Crippen LogP contribution is -2.31. The van der Waals surface area contributed by atoms with E-state index in [9.17, 15) is 9.59 Å². The Labute approximate surface area is 142 Å². The van der Waals surface area contributed by atoms with Crippen molar-refractivity contribution in [3.8, 4) is 0 Å². The summed E-state index contributed by atoms with van der Waals surface area (Å²) in [6, 6.07) is 12.8. The first-order valence-electron chi connectivity index (χ1n) is 8.16. The van der Waals surface area contributed by atoms with Crippen LogP contribution in [0.4, 0.5) is 5.69 Å². The SMILES string of the molecule is CC(C)NC(=O)c1ccccc1NC(=O)CCCc1ccccn1. The van der Waals surface area contributed by atoms with Crippen molar-refractivity contribution in [2.24, 2.45) is 0 Å². The Kier molecular flexibility index (Phi) is 6.49. The number of carbonyl (C=O) groups excluding carboxylic acids is 2. The van der Waals surface area contributed by atoms with Crippen molar-refractivity contribution in [3.63, 3.8) is 0 Å². The van der Waals surface area contributed by atoms with Crippen molar-refractivity contribution in [1.82, 2.24) is 10.3 Å². The molecule has 0 aliphatic rings. The first-order valence-corrected chi connectivity index (χ1v) is 8.16. The molecule has 24 heavy (non-hydrogen) atoms. The van der Waals surface area contributed by atoms with E-state index in [4.69, 9.17) is 0 Å². The number of nitrogens with zero attached hydrogens (tertiary/aromatic N) is 1. The quantitative estimate of drug-likeness (QED) is 0.821. The highest BCUT2D eigenvalue weighted by Gasteiger charge is 2.13. The normalized spacial score (nSPS) is 10.5. The van der Waals surface area contributed by atoms with Crippen LogP contribution in [0.5, 0.6) is 0 Å². The number of aryl methyl sites for hydroxylation is 1. The Morgan fingerprint density at radius 2 is 1.83 bits per heavy atom. The van der Waals surface area contributed by atoms with Gasteiger partial charge in [0.1, 0.15) is 0 Å².